The number of carbonyl (C=O) groups is 1. The average Bonchev–Trinajstić information content (AvgIpc) is 2.97. The van der Waals surface area contributed by atoms with Gasteiger partial charge in [-0.15, -0.1) is 0 Å². The highest BCUT2D eigenvalue weighted by Gasteiger charge is 2.12. The van der Waals surface area contributed by atoms with Gasteiger partial charge in [-0.05, 0) is 30.3 Å². The second-order valence-electron chi connectivity index (χ2n) is 4.60. The summed E-state index contributed by atoms with van der Waals surface area (Å²) in [6.07, 6.45) is 0.792. The van der Waals surface area contributed by atoms with E-state index in [1.54, 1.807) is 26.4 Å². The Balaban J connectivity index is 2.18. The molecule has 0 unspecified atom stereocenters. The smallest absolute Gasteiger partial charge is 0.176 e. The number of ether oxygens (including phenoxy) is 2. The third kappa shape index (κ3) is 2.36. The molecule has 0 saturated carbocycles. The minimum Gasteiger partial charge on any atom is -0.497 e. The van der Waals surface area contributed by atoms with Gasteiger partial charge < -0.3 is 13.9 Å². The number of hydrogen-bond donors (Lipinski definition) is 0. The van der Waals surface area contributed by atoms with Crippen molar-refractivity contribution in [3.63, 3.8) is 0 Å². The number of fused-ring (bicyclic) bond motifs is 1. The lowest BCUT2D eigenvalue weighted by Gasteiger charge is -2.02. The first-order valence-corrected chi connectivity index (χ1v) is 6.46. The number of methoxy groups -OCH3 is 2. The van der Waals surface area contributed by atoms with Gasteiger partial charge in [0.2, 0.25) is 0 Å². The lowest BCUT2D eigenvalue weighted by Crippen LogP contribution is -1.86. The van der Waals surface area contributed by atoms with Crippen LogP contribution in [0.3, 0.4) is 0 Å². The molecule has 0 aliphatic rings. The first-order valence-electron chi connectivity index (χ1n) is 6.46. The molecule has 3 aromatic rings. The predicted molar refractivity (Wildman–Crippen MR) is 80.1 cm³/mol. The summed E-state index contributed by atoms with van der Waals surface area (Å²) in [4.78, 5) is 11.0. The number of furan rings is 1. The highest BCUT2D eigenvalue weighted by molar-refractivity contribution is 5.92. The summed E-state index contributed by atoms with van der Waals surface area (Å²) in [5.74, 6) is 2.00. The van der Waals surface area contributed by atoms with Crippen LogP contribution in [0, 0.1) is 0 Å². The maximum Gasteiger partial charge on any atom is 0.176 e. The van der Waals surface area contributed by atoms with E-state index in [9.17, 15) is 4.79 Å². The van der Waals surface area contributed by atoms with Crippen molar-refractivity contribution in [2.24, 2.45) is 0 Å². The van der Waals surface area contributed by atoms with Crippen molar-refractivity contribution in [1.82, 2.24) is 0 Å². The Bertz CT molecular complexity index is 802. The first kappa shape index (κ1) is 13.2. The molecule has 0 radical (unpaired) electrons. The first-order chi connectivity index (χ1) is 10.2. The molecule has 21 heavy (non-hydrogen) atoms. The molecule has 106 valence electrons. The minimum absolute atomic E-state index is 0.545. The van der Waals surface area contributed by atoms with Gasteiger partial charge in [0.05, 0.1) is 14.2 Å². The fourth-order valence-electron chi connectivity index (χ4n) is 2.28. The number of hydrogen-bond acceptors (Lipinski definition) is 4. The van der Waals surface area contributed by atoms with E-state index >= 15 is 0 Å². The van der Waals surface area contributed by atoms with E-state index in [0.29, 0.717) is 22.7 Å². The van der Waals surface area contributed by atoms with Crippen LogP contribution < -0.4 is 9.47 Å². The van der Waals surface area contributed by atoms with Crippen LogP contribution in [0.4, 0.5) is 0 Å². The van der Waals surface area contributed by atoms with Crippen LogP contribution >= 0.6 is 0 Å². The van der Waals surface area contributed by atoms with Crippen LogP contribution in [0.1, 0.15) is 10.4 Å². The Morgan fingerprint density at radius 3 is 2.62 bits per heavy atom. The molecule has 3 rings (SSSR count). The summed E-state index contributed by atoms with van der Waals surface area (Å²) in [7, 11) is 3.17. The van der Waals surface area contributed by atoms with Crippen LogP contribution in [0.15, 0.2) is 46.9 Å². The fourth-order valence-corrected chi connectivity index (χ4v) is 2.28. The second kappa shape index (κ2) is 5.32. The molecule has 0 saturated heterocycles. The van der Waals surface area contributed by atoms with Crippen LogP contribution in [0.25, 0.3) is 22.3 Å². The molecule has 1 aromatic heterocycles. The molecule has 0 aliphatic heterocycles. The van der Waals surface area contributed by atoms with E-state index in [1.165, 1.54) is 0 Å². The third-order valence-electron chi connectivity index (χ3n) is 3.31. The summed E-state index contributed by atoms with van der Waals surface area (Å²) >= 11 is 0. The maximum atomic E-state index is 11.0. The zero-order valence-electron chi connectivity index (χ0n) is 11.8. The molecule has 0 spiro atoms. The molecule has 0 fully saturated rings. The zero-order chi connectivity index (χ0) is 14.8. The molecule has 4 heteroatoms. The van der Waals surface area contributed by atoms with Crippen molar-refractivity contribution in [2.75, 3.05) is 14.2 Å². The maximum absolute atomic E-state index is 11.0. The van der Waals surface area contributed by atoms with E-state index in [0.717, 1.165) is 23.0 Å². The molecule has 0 bridgehead atoms. The Morgan fingerprint density at radius 1 is 1.05 bits per heavy atom. The lowest BCUT2D eigenvalue weighted by molar-refractivity contribution is 0.112. The minimum atomic E-state index is 0.545. The van der Waals surface area contributed by atoms with E-state index in [1.807, 2.05) is 30.3 Å². The van der Waals surface area contributed by atoms with E-state index in [4.69, 9.17) is 13.9 Å². The van der Waals surface area contributed by atoms with Crippen molar-refractivity contribution < 1.29 is 18.7 Å². The van der Waals surface area contributed by atoms with Crippen LogP contribution in [0.5, 0.6) is 11.5 Å². The fraction of sp³-hybridized carbons (Fsp3) is 0.118. The van der Waals surface area contributed by atoms with Crippen molar-refractivity contribution >= 4 is 17.3 Å². The topological polar surface area (TPSA) is 48.7 Å². The molecule has 0 aliphatic carbocycles. The molecule has 2 aromatic carbocycles. The third-order valence-corrected chi connectivity index (χ3v) is 3.31. The van der Waals surface area contributed by atoms with Gasteiger partial charge in [-0.25, -0.2) is 0 Å². The zero-order valence-corrected chi connectivity index (χ0v) is 11.8. The van der Waals surface area contributed by atoms with Crippen molar-refractivity contribution in [2.45, 2.75) is 0 Å². The quantitative estimate of drug-likeness (QED) is 0.680. The van der Waals surface area contributed by atoms with Crippen molar-refractivity contribution in [3.05, 3.63) is 48.0 Å². The number of aldehydes is 1. The molecule has 0 atom stereocenters. The van der Waals surface area contributed by atoms with Crippen LogP contribution in [-0.2, 0) is 0 Å². The number of carbonyl (C=O) groups excluding carboxylic acids is 1. The number of benzene rings is 2. The van der Waals surface area contributed by atoms with E-state index < -0.39 is 0 Å². The summed E-state index contributed by atoms with van der Waals surface area (Å²) in [5, 5.41) is 0.828. The molecule has 4 nitrogen and oxygen atoms in total. The SMILES string of the molecule is COc1cccc(-c2cc3cc(C=O)cc(OC)c3o2)c1. The van der Waals surface area contributed by atoms with Gasteiger partial charge in [0, 0.05) is 16.5 Å². The van der Waals surface area contributed by atoms with Gasteiger partial charge in [0.25, 0.3) is 0 Å². The molecule has 0 N–H and O–H groups in total. The lowest BCUT2D eigenvalue weighted by atomic mass is 10.1. The van der Waals surface area contributed by atoms with Crippen molar-refractivity contribution in [3.8, 4) is 22.8 Å². The van der Waals surface area contributed by atoms with Crippen LogP contribution in [0.2, 0.25) is 0 Å². The predicted octanol–water partition coefficient (Wildman–Crippen LogP) is 3.93. The average molecular weight is 282 g/mol. The van der Waals surface area contributed by atoms with Gasteiger partial charge >= 0.3 is 0 Å². The monoisotopic (exact) mass is 282 g/mol. The van der Waals surface area contributed by atoms with Gasteiger partial charge in [0.1, 0.15) is 17.8 Å². The largest absolute Gasteiger partial charge is 0.497 e. The Labute approximate surface area is 121 Å². The molecular weight excluding hydrogens is 268 g/mol. The van der Waals surface area contributed by atoms with Gasteiger partial charge in [-0.2, -0.15) is 0 Å². The second-order valence-corrected chi connectivity index (χ2v) is 4.60. The summed E-state index contributed by atoms with van der Waals surface area (Å²) in [5.41, 5.74) is 2.08. The highest BCUT2D eigenvalue weighted by atomic mass is 16.5. The standard InChI is InChI=1S/C17H14O4/c1-19-14-5-3-4-12(8-14)15-9-13-6-11(10-18)7-16(20-2)17(13)21-15/h3-10H,1-2H3. The Hall–Kier alpha value is -2.75. The van der Waals surface area contributed by atoms with Gasteiger partial charge in [-0.3, -0.25) is 4.79 Å². The number of rotatable bonds is 4. The van der Waals surface area contributed by atoms with Crippen molar-refractivity contribution in [1.29, 1.82) is 0 Å². The Kier molecular flexibility index (Phi) is 3.36. The molecule has 0 amide bonds. The molecule has 1 heterocycles. The summed E-state index contributed by atoms with van der Waals surface area (Å²) < 4.78 is 16.4. The van der Waals surface area contributed by atoms with Gasteiger partial charge in [-0.1, -0.05) is 12.1 Å². The van der Waals surface area contributed by atoms with Gasteiger partial charge in [0.15, 0.2) is 11.3 Å². The van der Waals surface area contributed by atoms with E-state index in [-0.39, 0.29) is 0 Å². The summed E-state index contributed by atoms with van der Waals surface area (Å²) in [6, 6.07) is 12.9. The normalized spacial score (nSPS) is 10.6. The summed E-state index contributed by atoms with van der Waals surface area (Å²) in [6.45, 7) is 0. The molecular formula is C17H14O4. The Morgan fingerprint density at radius 2 is 1.90 bits per heavy atom. The van der Waals surface area contributed by atoms with E-state index in [2.05, 4.69) is 0 Å². The van der Waals surface area contributed by atoms with Crippen LogP contribution in [-0.4, -0.2) is 20.5 Å². The highest BCUT2D eigenvalue weighted by Crippen LogP contribution is 2.35.